The summed E-state index contributed by atoms with van der Waals surface area (Å²) in [4.78, 5) is 31.7. The van der Waals surface area contributed by atoms with Crippen molar-refractivity contribution in [3.63, 3.8) is 0 Å². The molecule has 0 radical (unpaired) electrons. The van der Waals surface area contributed by atoms with Gasteiger partial charge in [-0.25, -0.2) is 18.5 Å². The zero-order valence-corrected chi connectivity index (χ0v) is 21.0. The molecule has 0 bridgehead atoms. The van der Waals surface area contributed by atoms with Crippen molar-refractivity contribution in [1.29, 1.82) is 0 Å². The highest BCUT2D eigenvalue weighted by Gasteiger charge is 2.35. The summed E-state index contributed by atoms with van der Waals surface area (Å²) in [5, 5.41) is 19.3. The van der Waals surface area contributed by atoms with Gasteiger partial charge in [0.25, 0.3) is 11.8 Å². The van der Waals surface area contributed by atoms with Crippen LogP contribution in [-0.2, 0) is 11.3 Å². The Balaban J connectivity index is 1.45. The number of para-hydroxylation sites is 1. The van der Waals surface area contributed by atoms with Gasteiger partial charge in [-0.05, 0) is 18.2 Å². The summed E-state index contributed by atoms with van der Waals surface area (Å²) in [7, 11) is 0. The number of ether oxygens (including phenoxy) is 1. The van der Waals surface area contributed by atoms with E-state index in [1.807, 2.05) is 42.5 Å². The molecule has 2 aliphatic heterocycles. The molecule has 2 amide bonds. The Kier molecular flexibility index (Phi) is 6.56. The van der Waals surface area contributed by atoms with Crippen LogP contribution in [0.3, 0.4) is 0 Å². The number of hydrogen-bond acceptors (Lipinski definition) is 6. The minimum atomic E-state index is -1.40. The molecule has 3 N–H and O–H groups in total. The highest BCUT2D eigenvalue weighted by molar-refractivity contribution is 6.20. The first-order chi connectivity index (χ1) is 19.4. The number of benzene rings is 3. The summed E-state index contributed by atoms with van der Waals surface area (Å²) < 4.78 is 36.9. The van der Waals surface area contributed by atoms with Crippen LogP contribution >= 0.6 is 0 Å². The van der Waals surface area contributed by atoms with Crippen molar-refractivity contribution in [2.45, 2.75) is 25.2 Å². The van der Waals surface area contributed by atoms with E-state index in [-0.39, 0.29) is 30.3 Å². The number of carbonyl (C=O) groups excluding carboxylic acids is 2. The minimum absolute atomic E-state index is 0.0648. The summed E-state index contributed by atoms with van der Waals surface area (Å²) in [6.45, 7) is -0.0872. The third kappa shape index (κ3) is 4.50. The molecule has 0 aliphatic carbocycles. The molecular formula is C29H23F2N5O4. The lowest BCUT2D eigenvalue weighted by atomic mass is 10.0. The van der Waals surface area contributed by atoms with E-state index < -0.39 is 41.3 Å². The molecular weight excluding hydrogens is 520 g/mol. The molecule has 0 saturated heterocycles. The van der Waals surface area contributed by atoms with Gasteiger partial charge in [-0.1, -0.05) is 54.6 Å². The fourth-order valence-corrected chi connectivity index (χ4v) is 4.81. The second-order valence-electron chi connectivity index (χ2n) is 9.31. The highest BCUT2D eigenvalue weighted by atomic mass is 19.1. The number of rotatable bonds is 5. The Labute approximate surface area is 227 Å². The normalized spacial score (nSPS) is 18.0. The summed E-state index contributed by atoms with van der Waals surface area (Å²) >= 11 is 0. The molecule has 3 aromatic carbocycles. The topological polar surface area (TPSA) is 118 Å². The van der Waals surface area contributed by atoms with Crippen LogP contribution < -0.4 is 15.4 Å². The van der Waals surface area contributed by atoms with Crippen molar-refractivity contribution in [1.82, 2.24) is 15.1 Å². The van der Waals surface area contributed by atoms with Crippen LogP contribution in [0.25, 0.3) is 11.3 Å². The van der Waals surface area contributed by atoms with Gasteiger partial charge >= 0.3 is 0 Å². The average Bonchev–Trinajstić information content (AvgIpc) is 3.27. The van der Waals surface area contributed by atoms with Crippen LogP contribution in [0.1, 0.15) is 27.9 Å². The standard InChI is InChI=1S/C29H23F2N5O4/c30-19-10-6-11-20(31)22(19)25-23(29-36(35-25)14-13-17(15-37)40-29)27(38)34-26-28(39)32-21-12-5-4-9-18(21)24(33-26)16-7-2-1-3-8-16/h1-12,17,26,37H,13-15H2,(H,32,39)(H,34,38)/t17-,26+/m0/s1. The Morgan fingerprint density at radius 1 is 1.05 bits per heavy atom. The third-order valence-electron chi connectivity index (χ3n) is 6.74. The maximum Gasteiger partial charge on any atom is 0.269 e. The fraction of sp³-hybridized carbons (Fsp3) is 0.172. The van der Waals surface area contributed by atoms with Crippen LogP contribution in [0.5, 0.6) is 5.88 Å². The molecule has 0 saturated carbocycles. The smallest absolute Gasteiger partial charge is 0.269 e. The lowest BCUT2D eigenvalue weighted by molar-refractivity contribution is -0.117. The van der Waals surface area contributed by atoms with E-state index in [2.05, 4.69) is 20.7 Å². The number of fused-ring (bicyclic) bond motifs is 2. The number of amides is 2. The van der Waals surface area contributed by atoms with E-state index in [0.29, 0.717) is 23.4 Å². The molecule has 9 nitrogen and oxygen atoms in total. The first kappa shape index (κ1) is 25.4. The first-order valence-electron chi connectivity index (χ1n) is 12.6. The second-order valence-corrected chi connectivity index (χ2v) is 9.31. The summed E-state index contributed by atoms with van der Waals surface area (Å²) in [5.41, 5.74) is 1.29. The molecule has 3 heterocycles. The number of aryl methyl sites for hydroxylation is 1. The Morgan fingerprint density at radius 2 is 1.77 bits per heavy atom. The molecule has 0 fully saturated rings. The molecule has 2 atom stereocenters. The minimum Gasteiger partial charge on any atom is -0.471 e. The quantitative estimate of drug-likeness (QED) is 0.356. The van der Waals surface area contributed by atoms with Crippen molar-refractivity contribution >= 4 is 23.2 Å². The number of nitrogens with one attached hydrogen (secondary N) is 2. The Hall–Kier alpha value is -4.90. The van der Waals surface area contributed by atoms with E-state index in [0.717, 1.165) is 17.7 Å². The molecule has 1 aromatic heterocycles. The predicted molar refractivity (Wildman–Crippen MR) is 142 cm³/mol. The lowest BCUT2D eigenvalue weighted by Gasteiger charge is -2.23. The van der Waals surface area contributed by atoms with Crippen LogP contribution in [0.15, 0.2) is 77.8 Å². The molecule has 11 heteroatoms. The average molecular weight is 544 g/mol. The second kappa shape index (κ2) is 10.3. The van der Waals surface area contributed by atoms with Gasteiger partial charge in [0.15, 0.2) is 0 Å². The van der Waals surface area contributed by atoms with Gasteiger partial charge in [0.2, 0.25) is 12.0 Å². The zero-order valence-electron chi connectivity index (χ0n) is 21.0. The largest absolute Gasteiger partial charge is 0.471 e. The number of nitrogens with zero attached hydrogens (tertiary/aromatic N) is 3. The van der Waals surface area contributed by atoms with E-state index >= 15 is 0 Å². The fourth-order valence-electron chi connectivity index (χ4n) is 4.81. The number of aliphatic imine (C=N–C) groups is 1. The number of aromatic nitrogens is 2. The Morgan fingerprint density at radius 3 is 2.52 bits per heavy atom. The first-order valence-corrected chi connectivity index (χ1v) is 12.6. The SMILES string of the molecule is O=C(N[C@H]1N=C(c2ccccc2)c2ccccc2NC1=O)c1c(-c2c(F)cccc2F)nn2c1O[C@H](CO)CC2. The number of aliphatic hydroxyl groups is 1. The molecule has 4 aromatic rings. The summed E-state index contributed by atoms with van der Waals surface area (Å²) in [6, 6.07) is 19.6. The molecule has 40 heavy (non-hydrogen) atoms. The van der Waals surface area contributed by atoms with Crippen molar-refractivity contribution < 1.29 is 28.2 Å². The lowest BCUT2D eigenvalue weighted by Crippen LogP contribution is -2.42. The third-order valence-corrected chi connectivity index (χ3v) is 6.74. The zero-order chi connectivity index (χ0) is 27.8. The highest BCUT2D eigenvalue weighted by Crippen LogP contribution is 2.36. The van der Waals surface area contributed by atoms with E-state index in [4.69, 9.17) is 4.74 Å². The number of hydrogen-bond donors (Lipinski definition) is 3. The van der Waals surface area contributed by atoms with E-state index in [9.17, 15) is 23.5 Å². The summed E-state index contributed by atoms with van der Waals surface area (Å²) in [5.74, 6) is -3.39. The number of halogens is 2. The molecule has 0 spiro atoms. The Bertz CT molecular complexity index is 1630. The van der Waals surface area contributed by atoms with Gasteiger partial charge < -0.3 is 20.5 Å². The molecule has 2 aliphatic rings. The van der Waals surface area contributed by atoms with Crippen molar-refractivity contribution in [2.75, 3.05) is 11.9 Å². The van der Waals surface area contributed by atoms with Gasteiger partial charge in [-0.15, -0.1) is 0 Å². The van der Waals surface area contributed by atoms with Gasteiger partial charge in [-0.3, -0.25) is 9.59 Å². The number of aliphatic hydroxyl groups excluding tert-OH is 1. The molecule has 202 valence electrons. The van der Waals surface area contributed by atoms with Crippen LogP contribution in [-0.4, -0.2) is 51.3 Å². The van der Waals surface area contributed by atoms with Crippen LogP contribution in [0, 0.1) is 11.6 Å². The monoisotopic (exact) mass is 543 g/mol. The van der Waals surface area contributed by atoms with Gasteiger partial charge in [0, 0.05) is 24.1 Å². The van der Waals surface area contributed by atoms with E-state index in [1.165, 1.54) is 10.7 Å². The number of carbonyl (C=O) groups is 2. The molecule has 6 rings (SSSR count). The predicted octanol–water partition coefficient (Wildman–Crippen LogP) is 3.52. The van der Waals surface area contributed by atoms with Gasteiger partial charge in [0.05, 0.1) is 23.6 Å². The van der Waals surface area contributed by atoms with Crippen molar-refractivity contribution in [3.05, 3.63) is 101 Å². The van der Waals surface area contributed by atoms with Crippen LogP contribution in [0.2, 0.25) is 0 Å². The van der Waals surface area contributed by atoms with Crippen molar-refractivity contribution in [2.24, 2.45) is 4.99 Å². The maximum atomic E-state index is 14.9. The van der Waals surface area contributed by atoms with Gasteiger partial charge in [0.1, 0.15) is 29.0 Å². The van der Waals surface area contributed by atoms with E-state index in [1.54, 1.807) is 12.1 Å². The molecule has 0 unspecified atom stereocenters. The number of benzodiazepines with no additional fused rings is 1. The maximum absolute atomic E-state index is 14.9. The van der Waals surface area contributed by atoms with Gasteiger partial charge in [-0.2, -0.15) is 5.10 Å². The van der Waals surface area contributed by atoms with Crippen LogP contribution in [0.4, 0.5) is 14.5 Å². The summed E-state index contributed by atoms with van der Waals surface area (Å²) in [6.07, 6.45) is -1.67. The van der Waals surface area contributed by atoms with Crippen molar-refractivity contribution in [3.8, 4) is 17.1 Å². The number of anilines is 1.